The first-order chi connectivity index (χ1) is 7.04. The van der Waals surface area contributed by atoms with Gasteiger partial charge in [0.25, 0.3) is 0 Å². The van der Waals surface area contributed by atoms with Gasteiger partial charge in [-0.3, -0.25) is 4.90 Å². The van der Waals surface area contributed by atoms with Crippen LogP contribution in [-0.2, 0) is 0 Å². The van der Waals surface area contributed by atoms with E-state index in [1.807, 2.05) is 14.0 Å². The highest BCUT2D eigenvalue weighted by Gasteiger charge is 2.36. The predicted octanol–water partition coefficient (Wildman–Crippen LogP) is -5.89. The first kappa shape index (κ1) is 15.0. The molecule has 0 spiro atoms. The van der Waals surface area contributed by atoms with Crippen LogP contribution in [0, 0.1) is 20.4 Å². The summed E-state index contributed by atoms with van der Waals surface area (Å²) in [6.45, 7) is 1.95. The summed E-state index contributed by atoms with van der Waals surface area (Å²) in [7, 11) is -1.31. The van der Waals surface area contributed by atoms with Crippen molar-refractivity contribution in [3.05, 3.63) is 22.1 Å². The molecule has 1 heterocycles. The summed E-state index contributed by atoms with van der Waals surface area (Å²) >= 11 is 0. The Kier molecular flexibility index (Phi) is 5.06. The summed E-state index contributed by atoms with van der Waals surface area (Å²) in [5.41, 5.74) is 0. The molecule has 0 aromatic carbocycles. The molecule has 0 radical (unpaired) electrons. The van der Waals surface area contributed by atoms with Crippen LogP contribution >= 0.6 is 0 Å². The van der Waals surface area contributed by atoms with Gasteiger partial charge < -0.3 is 10.1 Å². The molecule has 94 valence electrons. The predicted molar refractivity (Wildman–Crippen MR) is 39.2 cm³/mol. The fourth-order valence-electron chi connectivity index (χ4n) is 1.11. The van der Waals surface area contributed by atoms with Crippen LogP contribution in [0.15, 0.2) is 12.0 Å². The highest BCUT2D eigenvalue weighted by molar-refractivity contribution is 4.88. The molecule has 2 atom stereocenters. The summed E-state index contributed by atoms with van der Waals surface area (Å²) < 4.78 is 34.0. The maximum atomic E-state index is 10.4. The number of nitrogens with zero attached hydrogens (tertiary/aromatic N) is 2. The van der Waals surface area contributed by atoms with Gasteiger partial charge in [0.15, 0.2) is 6.20 Å². The van der Waals surface area contributed by atoms with E-state index in [4.69, 9.17) is 18.6 Å². The zero-order chi connectivity index (χ0) is 13.1. The van der Waals surface area contributed by atoms with Gasteiger partial charge in [0.05, 0.1) is 14.1 Å². The van der Waals surface area contributed by atoms with E-state index >= 15 is 0 Å². The lowest BCUT2D eigenvalue weighted by molar-refractivity contribution is -2.00. The van der Waals surface area contributed by atoms with Crippen molar-refractivity contribution < 1.29 is 38.7 Å². The number of hydrogen-bond acceptors (Lipinski definition) is 7. The Balaban J connectivity index is 0.000000385. The highest BCUT2D eigenvalue weighted by Crippen LogP contribution is 2.06. The molecule has 9 nitrogen and oxygen atoms in total. The normalized spacial score (nSPS) is 24.7. The molecule has 0 saturated carbocycles. The third kappa shape index (κ3) is 5.21. The molecule has 2 unspecified atom stereocenters. The Labute approximate surface area is 93.7 Å². The summed E-state index contributed by atoms with van der Waals surface area (Å²) in [6.07, 6.45) is 1.78. The van der Waals surface area contributed by atoms with E-state index < -0.39 is 10.2 Å². The van der Waals surface area contributed by atoms with Gasteiger partial charge in [-0.15, -0.1) is 10.2 Å². The first-order valence-corrected chi connectivity index (χ1v) is 5.31. The zero-order valence-corrected chi connectivity index (χ0v) is 9.63. The maximum absolute atomic E-state index is 10.4. The van der Waals surface area contributed by atoms with E-state index in [2.05, 4.69) is 0 Å². The third-order valence-corrected chi connectivity index (χ3v) is 2.15. The third-order valence-electron chi connectivity index (χ3n) is 2.15. The van der Waals surface area contributed by atoms with Gasteiger partial charge in [0.2, 0.25) is 6.17 Å². The lowest BCUT2D eigenvalue weighted by Gasteiger charge is -2.17. The SMILES string of the molecule is CC1N(C)C([N+](=O)[O-])=C[NH+]1C.[O-][Cl+3]([O-])([O-])[O-]. The monoisotopic (exact) mass is 257 g/mol. The quantitative estimate of drug-likeness (QED) is 0.364. The smallest absolute Gasteiger partial charge is 0.358 e. The van der Waals surface area contributed by atoms with Crippen LogP contribution in [0.25, 0.3) is 0 Å². The van der Waals surface area contributed by atoms with Gasteiger partial charge in [-0.25, -0.2) is 23.5 Å². The van der Waals surface area contributed by atoms with Crippen LogP contribution in [-0.4, -0.2) is 30.1 Å². The number of rotatable bonds is 1. The Morgan fingerprint density at radius 1 is 1.44 bits per heavy atom. The van der Waals surface area contributed by atoms with E-state index in [-0.39, 0.29) is 16.9 Å². The summed E-state index contributed by atoms with van der Waals surface area (Å²) in [6, 6.07) is 0. The first-order valence-electron chi connectivity index (χ1n) is 4.08. The standard InChI is InChI=1S/C6H11N3O2.ClHO4/c1-5-7(2)4-6(8(5)3)9(10)11;2-1(3,4)5/h4-5H,1-3H3;(H,2,3,4,5). The molecule has 0 aromatic heterocycles. The molecule has 0 fully saturated rings. The highest BCUT2D eigenvalue weighted by atomic mass is 35.7. The molecule has 1 aliphatic rings. The number of hydrogen-bond donors (Lipinski definition) is 1. The topological polar surface area (TPSA) is 143 Å². The second-order valence-corrected chi connectivity index (χ2v) is 3.92. The Morgan fingerprint density at radius 2 is 1.81 bits per heavy atom. The van der Waals surface area contributed by atoms with Crippen molar-refractivity contribution in [1.82, 2.24) is 4.90 Å². The second kappa shape index (κ2) is 5.39. The lowest BCUT2D eigenvalue weighted by Crippen LogP contribution is -3.07. The van der Waals surface area contributed by atoms with E-state index in [1.165, 1.54) is 0 Å². The minimum Gasteiger partial charge on any atom is -0.358 e. The van der Waals surface area contributed by atoms with E-state index in [9.17, 15) is 10.1 Å². The summed E-state index contributed by atoms with van der Waals surface area (Å²) in [5.74, 6) is 0.190. The number of nitrogens with one attached hydrogen (secondary N) is 1. The van der Waals surface area contributed by atoms with Crippen LogP contribution in [0.2, 0.25) is 0 Å². The molecule has 10 heteroatoms. The molecule has 0 amide bonds. The average Bonchev–Trinajstić information content (AvgIpc) is 2.30. The van der Waals surface area contributed by atoms with Gasteiger partial charge in [-0.05, 0) is 4.92 Å². The van der Waals surface area contributed by atoms with Crippen molar-refractivity contribution in [3.63, 3.8) is 0 Å². The minimum absolute atomic E-state index is 0.162. The second-order valence-electron chi connectivity index (χ2n) is 3.17. The van der Waals surface area contributed by atoms with E-state index in [0.717, 1.165) is 4.90 Å². The van der Waals surface area contributed by atoms with Gasteiger partial charge in [-0.1, -0.05) is 0 Å². The molecule has 0 saturated heterocycles. The van der Waals surface area contributed by atoms with Crippen molar-refractivity contribution in [2.45, 2.75) is 13.1 Å². The van der Waals surface area contributed by atoms with Gasteiger partial charge in [0, 0.05) is 6.92 Å². The van der Waals surface area contributed by atoms with Crippen molar-refractivity contribution in [3.8, 4) is 0 Å². The molecule has 0 aliphatic carbocycles. The summed E-state index contributed by atoms with van der Waals surface area (Å²) in [4.78, 5) is 12.7. The number of quaternary nitrogens is 1. The van der Waals surface area contributed by atoms with Crippen molar-refractivity contribution in [2.75, 3.05) is 14.1 Å². The van der Waals surface area contributed by atoms with Crippen molar-refractivity contribution >= 4 is 0 Å². The Hall–Kier alpha value is -0.970. The largest absolute Gasteiger partial charge is 0.376 e. The maximum Gasteiger partial charge on any atom is 0.376 e. The Morgan fingerprint density at radius 3 is 1.94 bits per heavy atom. The molecular weight excluding hydrogens is 246 g/mol. The molecule has 1 rings (SSSR count). The van der Waals surface area contributed by atoms with Crippen molar-refractivity contribution in [1.29, 1.82) is 0 Å². The minimum atomic E-state index is -4.94. The van der Waals surface area contributed by atoms with Crippen LogP contribution in [0.5, 0.6) is 0 Å². The van der Waals surface area contributed by atoms with Crippen molar-refractivity contribution in [2.24, 2.45) is 0 Å². The van der Waals surface area contributed by atoms with Gasteiger partial charge >= 0.3 is 5.82 Å². The molecule has 16 heavy (non-hydrogen) atoms. The molecular formula is C6H12ClN3O6. The lowest BCUT2D eigenvalue weighted by atomic mass is 10.5. The van der Waals surface area contributed by atoms with E-state index in [0.29, 0.717) is 0 Å². The molecule has 0 aromatic rings. The van der Waals surface area contributed by atoms with Crippen LogP contribution in [0.1, 0.15) is 6.92 Å². The average molecular weight is 258 g/mol. The van der Waals surface area contributed by atoms with Gasteiger partial charge in [0.1, 0.15) is 0 Å². The fraction of sp³-hybridized carbons (Fsp3) is 0.667. The van der Waals surface area contributed by atoms with Crippen LogP contribution in [0.3, 0.4) is 0 Å². The molecule has 1 N–H and O–H groups in total. The van der Waals surface area contributed by atoms with Crippen LogP contribution < -0.4 is 23.5 Å². The van der Waals surface area contributed by atoms with E-state index in [1.54, 1.807) is 18.1 Å². The number of halogens is 1. The molecule has 0 bridgehead atoms. The summed E-state index contributed by atoms with van der Waals surface area (Å²) in [5, 5.41) is 10.4. The van der Waals surface area contributed by atoms with Gasteiger partial charge in [-0.2, -0.15) is 0 Å². The zero-order valence-electron chi connectivity index (χ0n) is 8.88. The molecule has 1 aliphatic heterocycles. The van der Waals surface area contributed by atoms with Crippen LogP contribution in [0.4, 0.5) is 0 Å². The number of nitro groups is 1. The Bertz CT molecular complexity index is 284. The fourth-order valence-corrected chi connectivity index (χ4v) is 1.11.